The van der Waals surface area contributed by atoms with Crippen molar-refractivity contribution >= 4 is 37.4 Å². The van der Waals surface area contributed by atoms with E-state index in [1.807, 2.05) is 19.2 Å². The first-order valence-electron chi connectivity index (χ1n) is 6.36. The van der Waals surface area contributed by atoms with Gasteiger partial charge < -0.3 is 5.32 Å². The molecule has 0 aromatic carbocycles. The number of hydrogen-bond acceptors (Lipinski definition) is 6. The van der Waals surface area contributed by atoms with Gasteiger partial charge in [0.1, 0.15) is 16.5 Å². The number of aromatic nitrogens is 2. The van der Waals surface area contributed by atoms with Gasteiger partial charge in [-0.05, 0) is 31.7 Å². The molecule has 0 saturated heterocycles. The van der Waals surface area contributed by atoms with E-state index in [2.05, 4.69) is 20.0 Å². The third-order valence-electron chi connectivity index (χ3n) is 2.85. The third-order valence-corrected chi connectivity index (χ3v) is 5.24. The molecule has 0 bridgehead atoms. The van der Waals surface area contributed by atoms with Crippen LogP contribution in [0.25, 0.3) is 10.2 Å². The molecule has 0 amide bonds. The van der Waals surface area contributed by atoms with Crippen molar-refractivity contribution in [2.45, 2.75) is 20.8 Å². The first-order valence-corrected chi connectivity index (χ1v) is 8.90. The summed E-state index contributed by atoms with van der Waals surface area (Å²) in [5, 5.41) is 6.24. The van der Waals surface area contributed by atoms with Crippen LogP contribution in [0.2, 0.25) is 0 Å². The average Bonchev–Trinajstić information content (AvgIpc) is 2.76. The Morgan fingerprint density at radius 1 is 1.25 bits per heavy atom. The minimum Gasteiger partial charge on any atom is -0.368 e. The number of thiophene rings is 1. The number of sulfonamides is 1. The number of anilines is 1. The zero-order valence-electron chi connectivity index (χ0n) is 11.7. The van der Waals surface area contributed by atoms with E-state index in [0.717, 1.165) is 21.6 Å². The quantitative estimate of drug-likeness (QED) is 0.792. The predicted octanol–water partition coefficient (Wildman–Crippen LogP) is 1.66. The number of fused-ring (bicyclic) bond motifs is 1. The van der Waals surface area contributed by atoms with Crippen LogP contribution < -0.4 is 10.0 Å². The van der Waals surface area contributed by atoms with Crippen LogP contribution in [0.4, 0.5) is 5.82 Å². The average molecular weight is 314 g/mol. The van der Waals surface area contributed by atoms with Crippen molar-refractivity contribution in [1.29, 1.82) is 0 Å². The SMILES string of the molecule is CCS(=O)(=O)NCCNc1nc(C)nc2scc(C)c12. The van der Waals surface area contributed by atoms with Crippen molar-refractivity contribution in [2.24, 2.45) is 0 Å². The van der Waals surface area contributed by atoms with E-state index in [-0.39, 0.29) is 5.75 Å². The summed E-state index contributed by atoms with van der Waals surface area (Å²) in [6, 6.07) is 0. The molecule has 0 spiro atoms. The van der Waals surface area contributed by atoms with Crippen molar-refractivity contribution in [3.63, 3.8) is 0 Å². The van der Waals surface area contributed by atoms with Crippen molar-refractivity contribution < 1.29 is 8.42 Å². The fourth-order valence-electron chi connectivity index (χ4n) is 1.81. The van der Waals surface area contributed by atoms with Gasteiger partial charge in [-0.15, -0.1) is 11.3 Å². The van der Waals surface area contributed by atoms with E-state index in [9.17, 15) is 8.42 Å². The van der Waals surface area contributed by atoms with E-state index < -0.39 is 10.0 Å². The van der Waals surface area contributed by atoms with Crippen molar-refractivity contribution in [1.82, 2.24) is 14.7 Å². The Labute approximate surface area is 122 Å². The lowest BCUT2D eigenvalue weighted by Crippen LogP contribution is -2.30. The summed E-state index contributed by atoms with van der Waals surface area (Å²) < 4.78 is 25.2. The van der Waals surface area contributed by atoms with Crippen molar-refractivity contribution in [3.05, 3.63) is 16.8 Å². The highest BCUT2D eigenvalue weighted by Crippen LogP contribution is 2.28. The topological polar surface area (TPSA) is 84.0 Å². The van der Waals surface area contributed by atoms with Gasteiger partial charge >= 0.3 is 0 Å². The summed E-state index contributed by atoms with van der Waals surface area (Å²) in [6.07, 6.45) is 0. The van der Waals surface area contributed by atoms with Gasteiger partial charge in [-0.2, -0.15) is 0 Å². The highest BCUT2D eigenvalue weighted by atomic mass is 32.2. The Balaban J connectivity index is 2.08. The molecular formula is C12H18N4O2S2. The summed E-state index contributed by atoms with van der Waals surface area (Å²) in [4.78, 5) is 9.74. The number of aryl methyl sites for hydroxylation is 2. The molecule has 2 rings (SSSR count). The highest BCUT2D eigenvalue weighted by Gasteiger charge is 2.10. The van der Waals surface area contributed by atoms with E-state index >= 15 is 0 Å². The number of rotatable bonds is 6. The van der Waals surface area contributed by atoms with Gasteiger partial charge in [-0.3, -0.25) is 0 Å². The van der Waals surface area contributed by atoms with E-state index in [0.29, 0.717) is 18.9 Å². The monoisotopic (exact) mass is 314 g/mol. The van der Waals surface area contributed by atoms with Crippen LogP contribution in [0, 0.1) is 13.8 Å². The lowest BCUT2D eigenvalue weighted by molar-refractivity contribution is 0.584. The Morgan fingerprint density at radius 3 is 2.70 bits per heavy atom. The normalized spacial score (nSPS) is 11.9. The molecule has 2 N–H and O–H groups in total. The van der Waals surface area contributed by atoms with Crippen LogP contribution >= 0.6 is 11.3 Å². The molecule has 0 fully saturated rings. The minimum atomic E-state index is -3.14. The second-order valence-electron chi connectivity index (χ2n) is 4.44. The minimum absolute atomic E-state index is 0.0908. The summed E-state index contributed by atoms with van der Waals surface area (Å²) in [6.45, 7) is 6.30. The Bertz CT molecular complexity index is 710. The standard InChI is InChI=1S/C12H18N4O2S2/c1-4-20(17,18)14-6-5-13-11-10-8(2)7-19-12(10)16-9(3)15-11/h7,14H,4-6H2,1-3H3,(H,13,15,16). The largest absolute Gasteiger partial charge is 0.368 e. The van der Waals surface area contributed by atoms with E-state index in [1.165, 1.54) is 0 Å². The van der Waals surface area contributed by atoms with E-state index in [4.69, 9.17) is 0 Å². The maximum absolute atomic E-state index is 11.3. The molecule has 0 unspecified atom stereocenters. The molecule has 0 radical (unpaired) electrons. The second kappa shape index (κ2) is 6.02. The molecule has 6 nitrogen and oxygen atoms in total. The molecule has 2 aromatic rings. The van der Waals surface area contributed by atoms with Crippen LogP contribution in [0.3, 0.4) is 0 Å². The lowest BCUT2D eigenvalue weighted by Gasteiger charge is -2.09. The zero-order chi connectivity index (χ0) is 14.8. The lowest BCUT2D eigenvalue weighted by atomic mass is 10.2. The van der Waals surface area contributed by atoms with Crippen molar-refractivity contribution in [2.75, 3.05) is 24.2 Å². The number of nitrogens with one attached hydrogen (secondary N) is 2. The fraction of sp³-hybridized carbons (Fsp3) is 0.500. The maximum atomic E-state index is 11.3. The summed E-state index contributed by atoms with van der Waals surface area (Å²) in [5.74, 6) is 1.56. The fourth-order valence-corrected chi connectivity index (χ4v) is 3.39. The molecule has 20 heavy (non-hydrogen) atoms. The van der Waals surface area contributed by atoms with Crippen LogP contribution in [0.1, 0.15) is 18.3 Å². The van der Waals surface area contributed by atoms with Gasteiger partial charge in [0, 0.05) is 13.1 Å². The first-order chi connectivity index (χ1) is 9.43. The molecule has 8 heteroatoms. The number of hydrogen-bond donors (Lipinski definition) is 2. The molecule has 0 aliphatic rings. The van der Waals surface area contributed by atoms with Gasteiger partial charge in [-0.1, -0.05) is 0 Å². The Kier molecular flexibility index (Phi) is 4.56. The summed E-state index contributed by atoms with van der Waals surface area (Å²) >= 11 is 1.59. The molecule has 0 saturated carbocycles. The van der Waals surface area contributed by atoms with Gasteiger partial charge in [0.15, 0.2) is 0 Å². The van der Waals surface area contributed by atoms with Crippen molar-refractivity contribution in [3.8, 4) is 0 Å². The first kappa shape index (κ1) is 15.1. The molecule has 2 heterocycles. The maximum Gasteiger partial charge on any atom is 0.211 e. The molecular weight excluding hydrogens is 296 g/mol. The van der Waals surface area contributed by atoms with Gasteiger partial charge in [0.2, 0.25) is 10.0 Å². The van der Waals surface area contributed by atoms with Gasteiger partial charge in [0.25, 0.3) is 0 Å². The van der Waals surface area contributed by atoms with Crippen LogP contribution in [0.15, 0.2) is 5.38 Å². The Hall–Kier alpha value is -1.25. The second-order valence-corrected chi connectivity index (χ2v) is 7.40. The van der Waals surface area contributed by atoms with Crippen LogP contribution in [-0.4, -0.2) is 37.2 Å². The van der Waals surface area contributed by atoms with Crippen LogP contribution in [-0.2, 0) is 10.0 Å². The van der Waals surface area contributed by atoms with Gasteiger partial charge in [-0.25, -0.2) is 23.1 Å². The van der Waals surface area contributed by atoms with Gasteiger partial charge in [0.05, 0.1) is 11.1 Å². The van der Waals surface area contributed by atoms with Crippen LogP contribution in [0.5, 0.6) is 0 Å². The van der Waals surface area contributed by atoms with E-state index in [1.54, 1.807) is 18.3 Å². The third kappa shape index (κ3) is 3.44. The zero-order valence-corrected chi connectivity index (χ0v) is 13.4. The Morgan fingerprint density at radius 2 is 2.00 bits per heavy atom. The summed E-state index contributed by atoms with van der Waals surface area (Å²) in [7, 11) is -3.14. The molecule has 0 atom stereocenters. The predicted molar refractivity (Wildman–Crippen MR) is 82.8 cm³/mol. The summed E-state index contributed by atoms with van der Waals surface area (Å²) in [5.41, 5.74) is 1.13. The smallest absolute Gasteiger partial charge is 0.211 e. The molecule has 2 aromatic heterocycles. The molecule has 110 valence electrons. The number of nitrogens with zero attached hydrogens (tertiary/aromatic N) is 2. The highest BCUT2D eigenvalue weighted by molar-refractivity contribution is 7.89. The molecule has 0 aliphatic heterocycles. The molecule has 0 aliphatic carbocycles.